The number of carbonyl (C=O) groups is 2. The van der Waals surface area contributed by atoms with Crippen LogP contribution in [0.4, 0.5) is 5.69 Å². The minimum absolute atomic E-state index is 0.0339. The Labute approximate surface area is 152 Å². The SMILES string of the molecule is CC(C)N(CC(=O)O)Cc1cccc(NC(=O)c2ccccc2Cl)c1. The molecular formula is C19H21ClN2O3. The molecule has 1 amide bonds. The first kappa shape index (κ1) is 19.0. The van der Waals surface area contributed by atoms with E-state index in [1.807, 2.05) is 36.9 Å². The van der Waals surface area contributed by atoms with E-state index in [0.29, 0.717) is 22.8 Å². The largest absolute Gasteiger partial charge is 0.480 e. The first-order chi connectivity index (χ1) is 11.9. The van der Waals surface area contributed by atoms with E-state index in [1.165, 1.54) is 0 Å². The van der Waals surface area contributed by atoms with Crippen molar-refractivity contribution in [3.63, 3.8) is 0 Å². The van der Waals surface area contributed by atoms with Crippen LogP contribution in [0.3, 0.4) is 0 Å². The average Bonchev–Trinajstić information content (AvgIpc) is 2.54. The smallest absolute Gasteiger partial charge is 0.317 e. The van der Waals surface area contributed by atoms with Gasteiger partial charge in [-0.05, 0) is 43.7 Å². The van der Waals surface area contributed by atoms with Gasteiger partial charge >= 0.3 is 5.97 Å². The predicted molar refractivity (Wildman–Crippen MR) is 99.0 cm³/mol. The van der Waals surface area contributed by atoms with Gasteiger partial charge in [-0.1, -0.05) is 35.9 Å². The van der Waals surface area contributed by atoms with Crippen LogP contribution >= 0.6 is 11.6 Å². The van der Waals surface area contributed by atoms with Crippen LogP contribution < -0.4 is 5.32 Å². The van der Waals surface area contributed by atoms with Gasteiger partial charge in [0.2, 0.25) is 0 Å². The van der Waals surface area contributed by atoms with Crippen molar-refractivity contribution in [1.29, 1.82) is 0 Å². The number of benzene rings is 2. The first-order valence-corrected chi connectivity index (χ1v) is 8.35. The third kappa shape index (κ3) is 5.59. The summed E-state index contributed by atoms with van der Waals surface area (Å²) in [6.45, 7) is 4.35. The molecule has 132 valence electrons. The Morgan fingerprint density at radius 1 is 1.16 bits per heavy atom. The molecule has 0 saturated carbocycles. The third-order valence-electron chi connectivity index (χ3n) is 3.76. The van der Waals surface area contributed by atoms with Gasteiger partial charge in [0.15, 0.2) is 0 Å². The van der Waals surface area contributed by atoms with Crippen molar-refractivity contribution in [2.75, 3.05) is 11.9 Å². The highest BCUT2D eigenvalue weighted by Gasteiger charge is 2.15. The first-order valence-electron chi connectivity index (χ1n) is 7.97. The van der Waals surface area contributed by atoms with Crippen LogP contribution in [0.25, 0.3) is 0 Å². The van der Waals surface area contributed by atoms with E-state index in [4.69, 9.17) is 16.7 Å². The highest BCUT2D eigenvalue weighted by molar-refractivity contribution is 6.34. The van der Waals surface area contributed by atoms with Gasteiger partial charge in [-0.25, -0.2) is 0 Å². The van der Waals surface area contributed by atoms with Gasteiger partial charge in [0.25, 0.3) is 5.91 Å². The Bertz CT molecular complexity index is 762. The number of nitrogens with zero attached hydrogens (tertiary/aromatic N) is 1. The van der Waals surface area contributed by atoms with E-state index in [9.17, 15) is 9.59 Å². The highest BCUT2D eigenvalue weighted by Crippen LogP contribution is 2.19. The molecular weight excluding hydrogens is 340 g/mol. The van der Waals surface area contributed by atoms with Crippen molar-refractivity contribution in [2.24, 2.45) is 0 Å². The van der Waals surface area contributed by atoms with Crippen LogP contribution in [0.2, 0.25) is 5.02 Å². The molecule has 0 aliphatic heterocycles. The molecule has 25 heavy (non-hydrogen) atoms. The molecule has 0 atom stereocenters. The summed E-state index contributed by atoms with van der Waals surface area (Å²) in [5.74, 6) is -1.15. The third-order valence-corrected chi connectivity index (χ3v) is 4.09. The van der Waals surface area contributed by atoms with E-state index < -0.39 is 5.97 Å². The van der Waals surface area contributed by atoms with E-state index in [2.05, 4.69) is 5.32 Å². The van der Waals surface area contributed by atoms with Crippen molar-refractivity contribution in [3.05, 3.63) is 64.7 Å². The topological polar surface area (TPSA) is 69.6 Å². The van der Waals surface area contributed by atoms with Gasteiger partial charge in [0, 0.05) is 18.3 Å². The minimum Gasteiger partial charge on any atom is -0.480 e. The molecule has 0 fully saturated rings. The van der Waals surface area contributed by atoms with Gasteiger partial charge < -0.3 is 10.4 Å². The fourth-order valence-electron chi connectivity index (χ4n) is 2.42. The van der Waals surface area contributed by atoms with Crippen LogP contribution in [0.5, 0.6) is 0 Å². The fourth-order valence-corrected chi connectivity index (χ4v) is 2.64. The Kier molecular flexibility index (Phi) is 6.56. The quantitative estimate of drug-likeness (QED) is 0.786. The Morgan fingerprint density at radius 3 is 2.52 bits per heavy atom. The lowest BCUT2D eigenvalue weighted by molar-refractivity contribution is -0.138. The van der Waals surface area contributed by atoms with Crippen LogP contribution in [0.15, 0.2) is 48.5 Å². The Balaban J connectivity index is 2.11. The second-order valence-electron chi connectivity index (χ2n) is 6.03. The molecule has 2 aromatic rings. The average molecular weight is 361 g/mol. The maximum Gasteiger partial charge on any atom is 0.317 e. The number of aliphatic carboxylic acids is 1. The molecule has 2 N–H and O–H groups in total. The maximum absolute atomic E-state index is 12.3. The molecule has 0 spiro atoms. The van der Waals surface area contributed by atoms with E-state index in [0.717, 1.165) is 5.56 Å². The van der Waals surface area contributed by atoms with Crippen molar-refractivity contribution in [2.45, 2.75) is 26.4 Å². The van der Waals surface area contributed by atoms with Crippen molar-refractivity contribution in [1.82, 2.24) is 4.90 Å². The molecule has 2 aromatic carbocycles. The molecule has 0 bridgehead atoms. The zero-order valence-corrected chi connectivity index (χ0v) is 15.0. The summed E-state index contributed by atoms with van der Waals surface area (Å²) in [6, 6.07) is 14.3. The van der Waals surface area contributed by atoms with Gasteiger partial charge in [-0.15, -0.1) is 0 Å². The second-order valence-corrected chi connectivity index (χ2v) is 6.43. The maximum atomic E-state index is 12.3. The minimum atomic E-state index is -0.864. The number of carboxylic acids is 1. The second kappa shape index (κ2) is 8.65. The van der Waals surface area contributed by atoms with E-state index in [1.54, 1.807) is 30.3 Å². The normalized spacial score (nSPS) is 10.9. The lowest BCUT2D eigenvalue weighted by atomic mass is 10.1. The summed E-state index contributed by atoms with van der Waals surface area (Å²) in [6.07, 6.45) is 0. The number of anilines is 1. The lowest BCUT2D eigenvalue weighted by Gasteiger charge is -2.24. The van der Waals surface area contributed by atoms with E-state index in [-0.39, 0.29) is 18.5 Å². The molecule has 0 heterocycles. The number of amides is 1. The summed E-state index contributed by atoms with van der Waals surface area (Å²) in [5.41, 5.74) is 1.97. The van der Waals surface area contributed by atoms with Crippen LogP contribution in [0.1, 0.15) is 29.8 Å². The standard InChI is InChI=1S/C19H21ClN2O3/c1-13(2)22(12-18(23)24)11-14-6-5-7-15(10-14)21-19(25)16-8-3-4-9-17(16)20/h3-10,13H,11-12H2,1-2H3,(H,21,25)(H,23,24). The molecule has 0 aliphatic carbocycles. The lowest BCUT2D eigenvalue weighted by Crippen LogP contribution is -2.35. The number of hydrogen-bond donors (Lipinski definition) is 2. The van der Waals surface area contributed by atoms with Gasteiger partial charge in [-0.2, -0.15) is 0 Å². The molecule has 0 aromatic heterocycles. The number of nitrogens with one attached hydrogen (secondary N) is 1. The van der Waals surface area contributed by atoms with Crippen LogP contribution in [0, 0.1) is 0 Å². The number of carboxylic acid groups (broad SMARTS) is 1. The molecule has 2 rings (SSSR count). The van der Waals surface area contributed by atoms with E-state index >= 15 is 0 Å². The molecule has 0 saturated heterocycles. The van der Waals surface area contributed by atoms with Crippen molar-refractivity contribution >= 4 is 29.2 Å². The molecule has 5 nitrogen and oxygen atoms in total. The van der Waals surface area contributed by atoms with Crippen molar-refractivity contribution in [3.8, 4) is 0 Å². The predicted octanol–water partition coefficient (Wildman–Crippen LogP) is 3.89. The van der Waals surface area contributed by atoms with Gasteiger partial charge in [0.1, 0.15) is 0 Å². The molecule has 0 radical (unpaired) electrons. The molecule has 0 aliphatic rings. The summed E-state index contributed by atoms with van der Waals surface area (Å²) in [7, 11) is 0. The van der Waals surface area contributed by atoms with Crippen molar-refractivity contribution < 1.29 is 14.7 Å². The molecule has 6 heteroatoms. The summed E-state index contributed by atoms with van der Waals surface area (Å²) >= 11 is 6.05. The number of halogens is 1. The zero-order chi connectivity index (χ0) is 18.4. The fraction of sp³-hybridized carbons (Fsp3) is 0.263. The summed E-state index contributed by atoms with van der Waals surface area (Å²) < 4.78 is 0. The number of hydrogen-bond acceptors (Lipinski definition) is 3. The Morgan fingerprint density at radius 2 is 1.88 bits per heavy atom. The zero-order valence-electron chi connectivity index (χ0n) is 14.2. The summed E-state index contributed by atoms with van der Waals surface area (Å²) in [4.78, 5) is 25.2. The number of carbonyl (C=O) groups excluding carboxylic acids is 1. The monoisotopic (exact) mass is 360 g/mol. The highest BCUT2D eigenvalue weighted by atomic mass is 35.5. The summed E-state index contributed by atoms with van der Waals surface area (Å²) in [5, 5.41) is 12.2. The van der Waals surface area contributed by atoms with Crippen LogP contribution in [-0.2, 0) is 11.3 Å². The molecule has 0 unspecified atom stereocenters. The van der Waals surface area contributed by atoms with Gasteiger partial charge in [0.05, 0.1) is 17.1 Å². The van der Waals surface area contributed by atoms with Crippen LogP contribution in [-0.4, -0.2) is 34.5 Å². The van der Waals surface area contributed by atoms with Gasteiger partial charge in [-0.3, -0.25) is 14.5 Å². The Hall–Kier alpha value is -2.37. The number of rotatable bonds is 7.